The molecule has 1 aromatic carbocycles. The SMILES string of the molecule is COC[C@]12CC1[C@@](C)(c1cc(NC(=O)c3ncc(O[C@@H](C)c4ncco4)cc3C)cc(F)c1F)N=C(N)S2. The number of aromatic nitrogens is 2. The van der Waals surface area contributed by atoms with Crippen LogP contribution in [0.25, 0.3) is 0 Å². The number of hydrogen-bond donors (Lipinski definition) is 2. The number of anilines is 1. The van der Waals surface area contributed by atoms with Crippen LogP contribution in [0.4, 0.5) is 14.5 Å². The number of carbonyl (C=O) groups is 1. The third-order valence-electron chi connectivity index (χ3n) is 6.95. The summed E-state index contributed by atoms with van der Waals surface area (Å²) in [5.74, 6) is -1.99. The van der Waals surface area contributed by atoms with Crippen LogP contribution in [0.15, 0.2) is 46.3 Å². The Kier molecular flexibility index (Phi) is 6.64. The number of ether oxygens (including phenoxy) is 2. The van der Waals surface area contributed by atoms with Crippen LogP contribution >= 0.6 is 11.8 Å². The Morgan fingerprint density at radius 1 is 1.34 bits per heavy atom. The van der Waals surface area contributed by atoms with E-state index < -0.39 is 29.2 Å². The summed E-state index contributed by atoms with van der Waals surface area (Å²) in [7, 11) is 1.59. The van der Waals surface area contributed by atoms with Gasteiger partial charge in [-0.3, -0.25) is 9.79 Å². The van der Waals surface area contributed by atoms with Crippen LogP contribution in [-0.2, 0) is 10.3 Å². The zero-order chi connectivity index (χ0) is 27.2. The van der Waals surface area contributed by atoms with E-state index in [2.05, 4.69) is 20.3 Å². The summed E-state index contributed by atoms with van der Waals surface area (Å²) in [6.07, 6.45) is 4.60. The van der Waals surface area contributed by atoms with Gasteiger partial charge in [-0.05, 0) is 44.9 Å². The number of carbonyl (C=O) groups excluding carboxylic acids is 1. The van der Waals surface area contributed by atoms with Crippen LogP contribution in [0.1, 0.15) is 53.9 Å². The number of nitrogens with two attached hydrogens (primary N) is 1. The number of methoxy groups -OCH3 is 1. The van der Waals surface area contributed by atoms with E-state index in [0.717, 1.165) is 6.07 Å². The van der Waals surface area contributed by atoms with Crippen LogP contribution in [-0.4, -0.2) is 39.5 Å². The molecule has 0 radical (unpaired) electrons. The first kappa shape index (κ1) is 26.1. The molecule has 1 unspecified atom stereocenters. The number of pyridine rings is 1. The molecular weight excluding hydrogens is 516 g/mol. The van der Waals surface area contributed by atoms with Crippen molar-refractivity contribution in [3.8, 4) is 5.75 Å². The lowest BCUT2D eigenvalue weighted by atomic mass is 9.85. The second-order valence-corrected chi connectivity index (χ2v) is 11.1. The monoisotopic (exact) mass is 543 g/mol. The van der Waals surface area contributed by atoms with E-state index in [1.54, 1.807) is 33.9 Å². The molecule has 3 heterocycles. The summed E-state index contributed by atoms with van der Waals surface area (Å²) in [5, 5.41) is 2.92. The number of benzene rings is 1. The van der Waals surface area contributed by atoms with Gasteiger partial charge in [-0.2, -0.15) is 0 Å². The van der Waals surface area contributed by atoms with E-state index in [1.807, 2.05) is 0 Å². The van der Waals surface area contributed by atoms with E-state index in [0.29, 0.717) is 30.2 Å². The van der Waals surface area contributed by atoms with Crippen molar-refractivity contribution in [2.75, 3.05) is 19.0 Å². The Morgan fingerprint density at radius 2 is 2.13 bits per heavy atom. The zero-order valence-electron chi connectivity index (χ0n) is 21.2. The van der Waals surface area contributed by atoms with Crippen LogP contribution in [0.2, 0.25) is 0 Å². The van der Waals surface area contributed by atoms with E-state index in [4.69, 9.17) is 19.6 Å². The summed E-state index contributed by atoms with van der Waals surface area (Å²) in [6, 6.07) is 3.99. The van der Waals surface area contributed by atoms with Gasteiger partial charge in [-0.1, -0.05) is 11.8 Å². The number of nitrogens with one attached hydrogen (secondary N) is 1. The molecule has 1 aliphatic heterocycles. The fourth-order valence-electron chi connectivity index (χ4n) is 5.09. The van der Waals surface area contributed by atoms with Gasteiger partial charge in [0.1, 0.15) is 17.7 Å². The first-order valence-electron chi connectivity index (χ1n) is 11.9. The molecule has 38 heavy (non-hydrogen) atoms. The van der Waals surface area contributed by atoms with Crippen molar-refractivity contribution in [1.82, 2.24) is 9.97 Å². The summed E-state index contributed by atoms with van der Waals surface area (Å²) < 4.78 is 46.0. The van der Waals surface area contributed by atoms with Crippen molar-refractivity contribution in [2.45, 2.75) is 43.6 Å². The average molecular weight is 544 g/mol. The second-order valence-electron chi connectivity index (χ2n) is 9.69. The minimum atomic E-state index is -1.12. The normalized spacial score (nSPS) is 24.8. The van der Waals surface area contributed by atoms with Crippen molar-refractivity contribution < 1.29 is 27.5 Å². The highest BCUT2D eigenvalue weighted by Gasteiger charge is 2.66. The van der Waals surface area contributed by atoms with E-state index in [9.17, 15) is 9.18 Å². The zero-order valence-corrected chi connectivity index (χ0v) is 22.1. The molecule has 0 bridgehead atoms. The number of nitrogens with zero attached hydrogens (tertiary/aromatic N) is 3. The fourth-order valence-corrected chi connectivity index (χ4v) is 6.54. The van der Waals surface area contributed by atoms with E-state index >= 15 is 4.39 Å². The first-order chi connectivity index (χ1) is 18.1. The molecule has 3 N–H and O–H groups in total. The molecule has 0 saturated heterocycles. The molecule has 4 atom stereocenters. The summed E-state index contributed by atoms with van der Waals surface area (Å²) >= 11 is 1.40. The Bertz CT molecular complexity index is 1420. The molecule has 200 valence electrons. The van der Waals surface area contributed by atoms with Crippen LogP contribution in [0, 0.1) is 24.5 Å². The number of fused-ring (bicyclic) bond motifs is 1. The van der Waals surface area contributed by atoms with Gasteiger partial charge in [0.05, 0.1) is 29.3 Å². The Balaban J connectivity index is 1.38. The maximum absolute atomic E-state index is 15.1. The van der Waals surface area contributed by atoms with Gasteiger partial charge in [0.25, 0.3) is 5.91 Å². The highest BCUT2D eigenvalue weighted by molar-refractivity contribution is 8.15. The topological polar surface area (TPSA) is 125 Å². The van der Waals surface area contributed by atoms with Gasteiger partial charge in [-0.15, -0.1) is 0 Å². The summed E-state index contributed by atoms with van der Waals surface area (Å²) in [4.78, 5) is 25.9. The Hall–Kier alpha value is -3.51. The molecule has 1 fully saturated rings. The second kappa shape index (κ2) is 9.66. The quantitative estimate of drug-likeness (QED) is 0.418. The van der Waals surface area contributed by atoms with Gasteiger partial charge in [0.2, 0.25) is 5.89 Å². The molecule has 1 amide bonds. The van der Waals surface area contributed by atoms with Crippen LogP contribution in [0.5, 0.6) is 5.75 Å². The van der Waals surface area contributed by atoms with Crippen molar-refractivity contribution in [1.29, 1.82) is 0 Å². The van der Waals surface area contributed by atoms with Crippen molar-refractivity contribution in [3.63, 3.8) is 0 Å². The number of halogens is 2. The smallest absolute Gasteiger partial charge is 0.274 e. The van der Waals surface area contributed by atoms with Gasteiger partial charge in [-0.25, -0.2) is 18.7 Å². The van der Waals surface area contributed by atoms with Gasteiger partial charge in [0.15, 0.2) is 22.9 Å². The van der Waals surface area contributed by atoms with Gasteiger partial charge >= 0.3 is 0 Å². The van der Waals surface area contributed by atoms with Gasteiger partial charge < -0.3 is 24.9 Å². The predicted molar refractivity (Wildman–Crippen MR) is 138 cm³/mol. The molecule has 3 aromatic rings. The van der Waals surface area contributed by atoms with Gasteiger partial charge in [0, 0.05) is 30.3 Å². The van der Waals surface area contributed by atoms with E-state index in [-0.39, 0.29) is 32.8 Å². The minimum Gasteiger partial charge on any atom is -0.479 e. The van der Waals surface area contributed by atoms with Crippen LogP contribution < -0.4 is 15.8 Å². The largest absolute Gasteiger partial charge is 0.479 e. The van der Waals surface area contributed by atoms with Crippen molar-refractivity contribution >= 4 is 28.5 Å². The van der Waals surface area contributed by atoms with Crippen molar-refractivity contribution in [3.05, 3.63) is 71.2 Å². The molecule has 2 aromatic heterocycles. The lowest BCUT2D eigenvalue weighted by Gasteiger charge is -2.34. The third kappa shape index (κ3) is 4.62. The summed E-state index contributed by atoms with van der Waals surface area (Å²) in [6.45, 7) is 5.61. The maximum Gasteiger partial charge on any atom is 0.274 e. The Labute approximate surface area is 222 Å². The number of amides is 1. The third-order valence-corrected chi connectivity index (χ3v) is 8.23. The lowest BCUT2D eigenvalue weighted by molar-refractivity contribution is 0.102. The van der Waals surface area contributed by atoms with Crippen LogP contribution in [0.3, 0.4) is 0 Å². The van der Waals surface area contributed by atoms with Crippen molar-refractivity contribution in [2.24, 2.45) is 16.6 Å². The number of rotatable bonds is 8. The molecule has 1 saturated carbocycles. The molecule has 12 heteroatoms. The molecule has 1 aliphatic carbocycles. The number of amidine groups is 1. The maximum atomic E-state index is 15.1. The summed E-state index contributed by atoms with van der Waals surface area (Å²) in [5.41, 5.74) is 5.71. The molecule has 5 rings (SSSR count). The first-order valence-corrected chi connectivity index (χ1v) is 12.7. The number of oxazole rings is 1. The minimum absolute atomic E-state index is 0.0213. The highest BCUT2D eigenvalue weighted by Crippen LogP contribution is 2.66. The highest BCUT2D eigenvalue weighted by atomic mass is 32.2. The standard InChI is InChI=1S/C26H27F2N5O4S/c1-13-7-16(37-14(2)23-30-5-6-36-23)11-31-21(13)22(34)32-15-8-17(20(28)18(27)9-15)25(3)19-10-26(19,12-35-4)38-24(29)33-25/h5-9,11,14,19H,10,12H2,1-4H3,(H2,29,33)(H,32,34)/t14-,19?,25+,26+/m0/s1. The molecular formula is C26H27F2N5O4S. The number of thioether (sulfide) groups is 1. The average Bonchev–Trinajstić information content (AvgIpc) is 3.31. The number of aliphatic imine (C=N–C) groups is 1. The van der Waals surface area contributed by atoms with E-state index in [1.165, 1.54) is 36.5 Å². The Morgan fingerprint density at radius 3 is 2.82 bits per heavy atom. The fraction of sp³-hybridized carbons (Fsp3) is 0.385. The molecule has 9 nitrogen and oxygen atoms in total. The predicted octanol–water partition coefficient (Wildman–Crippen LogP) is 4.73. The number of aryl methyl sites for hydroxylation is 1. The number of hydrogen-bond acceptors (Lipinski definition) is 9. The molecule has 2 aliphatic rings. The lowest BCUT2D eigenvalue weighted by Crippen LogP contribution is -2.38. The molecule has 0 spiro atoms.